The topological polar surface area (TPSA) is 82.1 Å². The maximum absolute atomic E-state index is 12.3. The zero-order chi connectivity index (χ0) is 35.9. The van der Waals surface area contributed by atoms with Crippen molar-refractivity contribution in [1.29, 1.82) is 0 Å². The highest BCUT2D eigenvalue weighted by Gasteiger charge is 2.11. The zero-order valence-corrected chi connectivity index (χ0v) is 32.1. The number of unbranched alkanes of at least 4 members (excludes halogenated alkanes) is 15. The van der Waals surface area contributed by atoms with Crippen LogP contribution in [0.5, 0.6) is 0 Å². The number of hydrogen-bond acceptors (Lipinski definition) is 7. The molecule has 0 atom stereocenters. The lowest BCUT2D eigenvalue weighted by atomic mass is 10.1. The Hall–Kier alpha value is -2.41. The van der Waals surface area contributed by atoms with Gasteiger partial charge in [0.15, 0.2) is 0 Å². The smallest absolute Gasteiger partial charge is 0.305 e. The number of carbonyl (C=O) groups is 3. The van der Waals surface area contributed by atoms with Crippen LogP contribution >= 0.6 is 0 Å². The summed E-state index contributed by atoms with van der Waals surface area (Å²) in [5.74, 6) is -0.504. The summed E-state index contributed by atoms with van der Waals surface area (Å²) in [7, 11) is 0. The van der Waals surface area contributed by atoms with Crippen LogP contribution in [0.1, 0.15) is 175 Å². The molecule has 0 bridgehead atoms. The highest BCUT2D eigenvalue weighted by Crippen LogP contribution is 2.11. The molecule has 0 aliphatic heterocycles. The molecule has 0 rings (SSSR count). The Labute approximate surface area is 301 Å². The molecule has 0 aromatic rings. The molecular weight excluding hydrogens is 614 g/mol. The van der Waals surface area contributed by atoms with Gasteiger partial charge in [-0.1, -0.05) is 115 Å². The minimum Gasteiger partial charge on any atom is -0.464 e. The second-order valence-electron chi connectivity index (χ2n) is 13.1. The fourth-order valence-electron chi connectivity index (χ4n) is 5.46. The lowest BCUT2D eigenvalue weighted by Gasteiger charge is -2.22. The Morgan fingerprint density at radius 3 is 0.939 bits per heavy atom. The van der Waals surface area contributed by atoms with Crippen LogP contribution < -0.4 is 0 Å². The number of nitrogens with zero attached hydrogens (tertiary/aromatic N) is 1. The van der Waals surface area contributed by atoms with Crippen LogP contribution in [-0.2, 0) is 28.6 Å². The number of carbonyl (C=O) groups excluding carboxylic acids is 3. The number of esters is 3. The first-order valence-electron chi connectivity index (χ1n) is 20.2. The number of rotatable bonds is 36. The van der Waals surface area contributed by atoms with Crippen LogP contribution in [0.25, 0.3) is 0 Å². The van der Waals surface area contributed by atoms with Crippen molar-refractivity contribution in [2.45, 2.75) is 175 Å². The summed E-state index contributed by atoms with van der Waals surface area (Å²) in [6.45, 7) is 8.79. The van der Waals surface area contributed by atoms with E-state index in [1.165, 1.54) is 38.5 Å². The van der Waals surface area contributed by atoms with Gasteiger partial charge in [0, 0.05) is 38.9 Å². The molecule has 0 aromatic heterocycles. The number of hydrogen-bond donors (Lipinski definition) is 0. The molecule has 0 N–H and O–H groups in total. The summed E-state index contributed by atoms with van der Waals surface area (Å²) in [6, 6.07) is 0. The summed E-state index contributed by atoms with van der Waals surface area (Å²) in [6.07, 6.45) is 37.8. The van der Waals surface area contributed by atoms with Crippen LogP contribution in [0.15, 0.2) is 36.5 Å². The number of ether oxygens (including phenoxy) is 3. The molecular formula is C42H75NO6. The van der Waals surface area contributed by atoms with E-state index in [0.29, 0.717) is 38.9 Å². The van der Waals surface area contributed by atoms with E-state index in [-0.39, 0.29) is 37.7 Å². The molecule has 0 saturated heterocycles. The van der Waals surface area contributed by atoms with E-state index in [4.69, 9.17) is 14.2 Å². The highest BCUT2D eigenvalue weighted by atomic mass is 16.5. The van der Waals surface area contributed by atoms with Crippen molar-refractivity contribution < 1.29 is 28.6 Å². The third kappa shape index (κ3) is 36.7. The molecule has 0 aromatic carbocycles. The van der Waals surface area contributed by atoms with E-state index in [9.17, 15) is 14.4 Å². The molecule has 0 heterocycles. The van der Waals surface area contributed by atoms with Crippen molar-refractivity contribution in [1.82, 2.24) is 4.90 Å². The maximum atomic E-state index is 12.3. The molecule has 284 valence electrons. The fourth-order valence-corrected chi connectivity index (χ4v) is 5.46. The molecule has 0 aliphatic carbocycles. The van der Waals surface area contributed by atoms with Crippen LogP contribution in [0.2, 0.25) is 0 Å². The van der Waals surface area contributed by atoms with Crippen molar-refractivity contribution >= 4 is 17.9 Å². The first-order valence-corrected chi connectivity index (χ1v) is 20.2. The van der Waals surface area contributed by atoms with Gasteiger partial charge in [-0.15, -0.1) is 0 Å². The van der Waals surface area contributed by atoms with Crippen LogP contribution in [0.3, 0.4) is 0 Å². The first-order chi connectivity index (χ1) is 24.0. The maximum Gasteiger partial charge on any atom is 0.305 e. The van der Waals surface area contributed by atoms with E-state index in [0.717, 1.165) is 96.3 Å². The molecule has 0 amide bonds. The van der Waals surface area contributed by atoms with E-state index in [1.54, 1.807) is 0 Å². The van der Waals surface area contributed by atoms with Crippen molar-refractivity contribution in [3.8, 4) is 0 Å². The molecule has 49 heavy (non-hydrogen) atoms. The van der Waals surface area contributed by atoms with Gasteiger partial charge in [-0.25, -0.2) is 0 Å². The fraction of sp³-hybridized carbons (Fsp3) is 0.786. The normalized spacial score (nSPS) is 11.8. The Morgan fingerprint density at radius 2 is 0.653 bits per heavy atom. The van der Waals surface area contributed by atoms with Gasteiger partial charge in [-0.2, -0.15) is 0 Å². The van der Waals surface area contributed by atoms with E-state index in [1.807, 2.05) is 4.90 Å². The van der Waals surface area contributed by atoms with Crippen molar-refractivity contribution in [3.05, 3.63) is 36.5 Å². The predicted octanol–water partition coefficient (Wildman–Crippen LogP) is 11.0. The lowest BCUT2D eigenvalue weighted by molar-refractivity contribution is -0.144. The zero-order valence-electron chi connectivity index (χ0n) is 32.1. The minimum atomic E-state index is -0.168. The highest BCUT2D eigenvalue weighted by molar-refractivity contribution is 5.69. The Morgan fingerprint density at radius 1 is 0.388 bits per heavy atom. The Kier molecular flexibility index (Phi) is 36.5. The van der Waals surface area contributed by atoms with E-state index >= 15 is 0 Å². The molecule has 0 fully saturated rings. The van der Waals surface area contributed by atoms with Gasteiger partial charge in [0.1, 0.15) is 19.8 Å². The van der Waals surface area contributed by atoms with Gasteiger partial charge in [-0.05, 0) is 77.0 Å². The second kappa shape index (κ2) is 38.4. The van der Waals surface area contributed by atoms with Crippen molar-refractivity contribution in [3.63, 3.8) is 0 Å². The largest absolute Gasteiger partial charge is 0.464 e. The average molecular weight is 690 g/mol. The molecule has 0 aliphatic rings. The summed E-state index contributed by atoms with van der Waals surface area (Å²) in [4.78, 5) is 38.9. The van der Waals surface area contributed by atoms with Gasteiger partial charge >= 0.3 is 17.9 Å². The van der Waals surface area contributed by atoms with Gasteiger partial charge < -0.3 is 14.2 Å². The van der Waals surface area contributed by atoms with Gasteiger partial charge in [0.25, 0.3) is 0 Å². The van der Waals surface area contributed by atoms with Crippen LogP contribution in [0, 0.1) is 0 Å². The Bertz CT molecular complexity index is 743. The first kappa shape index (κ1) is 46.6. The Balaban J connectivity index is 4.34. The number of allylic oxidation sites excluding steroid dienone is 6. The molecule has 0 spiro atoms. The van der Waals surface area contributed by atoms with Crippen LogP contribution in [0.4, 0.5) is 0 Å². The SMILES string of the molecule is CC/C=C/CCCCCCCC(=O)OCCN(CCOC(=O)CCCCCCC/C=C/CC)CCOC(=O)CCCCCCC/C=C/CC. The molecule has 7 heteroatoms. The van der Waals surface area contributed by atoms with Gasteiger partial charge in [-0.3, -0.25) is 19.3 Å². The van der Waals surface area contributed by atoms with Crippen LogP contribution in [-0.4, -0.2) is 62.3 Å². The second-order valence-corrected chi connectivity index (χ2v) is 13.1. The third-order valence-electron chi connectivity index (χ3n) is 8.47. The average Bonchev–Trinajstić information content (AvgIpc) is 3.09. The van der Waals surface area contributed by atoms with Crippen molar-refractivity contribution in [2.75, 3.05) is 39.5 Å². The summed E-state index contributed by atoms with van der Waals surface area (Å²) in [5, 5.41) is 0. The molecule has 0 radical (unpaired) electrons. The lowest BCUT2D eigenvalue weighted by Crippen LogP contribution is -2.35. The molecule has 0 saturated carbocycles. The quantitative estimate of drug-likeness (QED) is 0.0280. The van der Waals surface area contributed by atoms with E-state index in [2.05, 4.69) is 57.2 Å². The van der Waals surface area contributed by atoms with Gasteiger partial charge in [0.05, 0.1) is 0 Å². The van der Waals surface area contributed by atoms with Gasteiger partial charge in [0.2, 0.25) is 0 Å². The minimum absolute atomic E-state index is 0.168. The predicted molar refractivity (Wildman–Crippen MR) is 205 cm³/mol. The van der Waals surface area contributed by atoms with Crippen molar-refractivity contribution in [2.24, 2.45) is 0 Å². The monoisotopic (exact) mass is 690 g/mol. The third-order valence-corrected chi connectivity index (χ3v) is 8.47. The van der Waals surface area contributed by atoms with E-state index < -0.39 is 0 Å². The standard InChI is InChI=1S/C42H75NO6/c1-4-7-10-13-16-19-22-25-28-31-40(44)47-37-34-43(35-38-48-41(45)32-29-26-23-20-17-14-11-8-5-2)36-39-49-42(46)33-30-27-24-21-18-15-12-9-6-3/h7-12H,4-6,13-39H2,1-3H3/b10-7+,11-8+,12-9+. The molecule has 7 nitrogen and oxygen atoms in total. The summed E-state index contributed by atoms with van der Waals surface area (Å²) >= 11 is 0. The summed E-state index contributed by atoms with van der Waals surface area (Å²) in [5.41, 5.74) is 0. The summed E-state index contributed by atoms with van der Waals surface area (Å²) < 4.78 is 16.5. The molecule has 0 unspecified atom stereocenters.